The lowest BCUT2D eigenvalue weighted by molar-refractivity contribution is 0.0668. The number of amides is 3. The van der Waals surface area contributed by atoms with E-state index in [0.29, 0.717) is 43.4 Å². The van der Waals surface area contributed by atoms with Crippen molar-refractivity contribution >= 4 is 17.6 Å². The monoisotopic (exact) mass is 379 g/mol. The van der Waals surface area contributed by atoms with Gasteiger partial charge in [0.1, 0.15) is 5.75 Å². The average molecular weight is 379 g/mol. The summed E-state index contributed by atoms with van der Waals surface area (Å²) in [7, 11) is 1.56. The lowest BCUT2D eigenvalue weighted by atomic mass is 10.1. The highest BCUT2D eigenvalue weighted by atomic mass is 16.5. The van der Waals surface area contributed by atoms with E-state index in [0.717, 1.165) is 5.69 Å². The van der Waals surface area contributed by atoms with E-state index in [-0.39, 0.29) is 11.9 Å². The van der Waals surface area contributed by atoms with E-state index in [9.17, 15) is 9.59 Å². The summed E-state index contributed by atoms with van der Waals surface area (Å²) in [5.74, 6) is 1.09. The Morgan fingerprint density at radius 2 is 1.57 bits per heavy atom. The van der Waals surface area contributed by atoms with Crippen molar-refractivity contribution in [1.82, 2.24) is 9.80 Å². The lowest BCUT2D eigenvalue weighted by Crippen LogP contribution is -2.51. The third kappa shape index (κ3) is 3.81. The number of nitrogens with zero attached hydrogens (tertiary/aromatic N) is 2. The highest BCUT2D eigenvalue weighted by molar-refractivity contribution is 5.97. The number of carbonyl (C=O) groups is 2. The number of hydrogen-bond donors (Lipinski definition) is 1. The van der Waals surface area contributed by atoms with Gasteiger partial charge in [-0.3, -0.25) is 4.79 Å². The zero-order valence-electron chi connectivity index (χ0n) is 16.1. The van der Waals surface area contributed by atoms with Crippen LogP contribution >= 0.6 is 0 Å². The second kappa shape index (κ2) is 7.92. The first-order valence-electron chi connectivity index (χ1n) is 9.74. The quantitative estimate of drug-likeness (QED) is 0.884. The summed E-state index contributed by atoms with van der Waals surface area (Å²) in [4.78, 5) is 29.1. The van der Waals surface area contributed by atoms with Gasteiger partial charge >= 0.3 is 6.03 Å². The number of anilines is 1. The molecule has 2 fully saturated rings. The Morgan fingerprint density at radius 1 is 0.929 bits per heavy atom. The third-order valence-corrected chi connectivity index (χ3v) is 5.41. The van der Waals surface area contributed by atoms with Crippen molar-refractivity contribution in [2.45, 2.75) is 18.8 Å². The minimum Gasteiger partial charge on any atom is -0.496 e. The molecule has 1 aliphatic heterocycles. The number of benzene rings is 2. The second-order valence-corrected chi connectivity index (χ2v) is 7.27. The fourth-order valence-electron chi connectivity index (χ4n) is 3.66. The Hall–Kier alpha value is -3.02. The first-order valence-corrected chi connectivity index (χ1v) is 9.74. The van der Waals surface area contributed by atoms with Gasteiger partial charge in [-0.15, -0.1) is 0 Å². The zero-order valence-corrected chi connectivity index (χ0v) is 16.1. The summed E-state index contributed by atoms with van der Waals surface area (Å²) in [5, 5.41) is 3.06. The minimum atomic E-state index is -0.0995. The van der Waals surface area contributed by atoms with Crippen LogP contribution in [0.5, 0.6) is 5.75 Å². The molecule has 3 amide bonds. The molecule has 2 aliphatic rings. The van der Waals surface area contributed by atoms with Crippen LogP contribution in [0.4, 0.5) is 10.5 Å². The van der Waals surface area contributed by atoms with Crippen LogP contribution in [0.25, 0.3) is 0 Å². The molecule has 0 spiro atoms. The molecule has 4 rings (SSSR count). The highest BCUT2D eigenvalue weighted by Gasteiger charge is 2.29. The van der Waals surface area contributed by atoms with E-state index in [1.807, 2.05) is 30.3 Å². The average Bonchev–Trinajstić information content (AvgIpc) is 3.59. The maximum absolute atomic E-state index is 12.8. The van der Waals surface area contributed by atoms with E-state index in [1.54, 1.807) is 29.0 Å². The fraction of sp³-hybridized carbons (Fsp3) is 0.364. The molecule has 0 bridgehead atoms. The predicted octanol–water partition coefficient (Wildman–Crippen LogP) is 3.56. The molecular formula is C22H25N3O3. The van der Waals surface area contributed by atoms with Gasteiger partial charge in [-0.2, -0.15) is 0 Å². The molecule has 1 N–H and O–H groups in total. The molecule has 0 aromatic heterocycles. The Balaban J connectivity index is 1.36. The smallest absolute Gasteiger partial charge is 0.321 e. The van der Waals surface area contributed by atoms with E-state index < -0.39 is 0 Å². The molecule has 0 atom stereocenters. The summed E-state index contributed by atoms with van der Waals surface area (Å²) in [6.07, 6.45) is 2.38. The maximum Gasteiger partial charge on any atom is 0.321 e. The van der Waals surface area contributed by atoms with Gasteiger partial charge in [0, 0.05) is 31.9 Å². The van der Waals surface area contributed by atoms with Crippen LogP contribution in [0.2, 0.25) is 0 Å². The van der Waals surface area contributed by atoms with Crippen molar-refractivity contribution in [3.63, 3.8) is 0 Å². The summed E-state index contributed by atoms with van der Waals surface area (Å²) in [6, 6.07) is 15.2. The van der Waals surface area contributed by atoms with Crippen molar-refractivity contribution < 1.29 is 14.3 Å². The molecule has 0 radical (unpaired) electrons. The molecule has 1 saturated carbocycles. The summed E-state index contributed by atoms with van der Waals surface area (Å²) < 4.78 is 5.30. The second-order valence-electron chi connectivity index (χ2n) is 7.27. The zero-order chi connectivity index (χ0) is 19.5. The first kappa shape index (κ1) is 18.3. The molecule has 1 aliphatic carbocycles. The fourth-order valence-corrected chi connectivity index (χ4v) is 3.66. The number of hydrogen-bond acceptors (Lipinski definition) is 3. The SMILES string of the molecule is COc1ccccc1C(=O)N1CCN(C(=O)Nc2ccccc2C2CC2)CC1. The Kier molecular flexibility index (Phi) is 5.19. The maximum atomic E-state index is 12.8. The lowest BCUT2D eigenvalue weighted by Gasteiger charge is -2.35. The number of rotatable bonds is 4. The molecule has 0 unspecified atom stereocenters. The summed E-state index contributed by atoms with van der Waals surface area (Å²) >= 11 is 0. The number of piperazine rings is 1. The van der Waals surface area contributed by atoms with Gasteiger partial charge in [-0.1, -0.05) is 30.3 Å². The highest BCUT2D eigenvalue weighted by Crippen LogP contribution is 2.43. The summed E-state index contributed by atoms with van der Waals surface area (Å²) in [6.45, 7) is 2.04. The number of para-hydroxylation sites is 2. The molecule has 2 aromatic carbocycles. The van der Waals surface area contributed by atoms with Gasteiger partial charge in [0.25, 0.3) is 5.91 Å². The van der Waals surface area contributed by atoms with Crippen LogP contribution in [0.15, 0.2) is 48.5 Å². The van der Waals surface area contributed by atoms with Crippen molar-refractivity contribution in [1.29, 1.82) is 0 Å². The molecule has 1 heterocycles. The van der Waals surface area contributed by atoms with Crippen LogP contribution in [0.1, 0.15) is 34.7 Å². The van der Waals surface area contributed by atoms with Crippen LogP contribution in [0, 0.1) is 0 Å². The molecule has 6 nitrogen and oxygen atoms in total. The molecule has 1 saturated heterocycles. The standard InChI is InChI=1S/C22H25N3O3/c1-28-20-9-5-3-7-18(20)21(26)24-12-14-25(15-13-24)22(27)23-19-8-4-2-6-17(19)16-10-11-16/h2-9,16H,10-15H2,1H3,(H,23,27). The van der Waals surface area contributed by atoms with Crippen molar-refractivity contribution in [2.24, 2.45) is 0 Å². The first-order chi connectivity index (χ1) is 13.7. The van der Waals surface area contributed by atoms with Gasteiger partial charge in [-0.05, 0) is 42.5 Å². The van der Waals surface area contributed by atoms with Crippen molar-refractivity contribution in [3.8, 4) is 5.75 Å². The topological polar surface area (TPSA) is 61.9 Å². The van der Waals surface area contributed by atoms with Crippen LogP contribution in [-0.2, 0) is 0 Å². The van der Waals surface area contributed by atoms with Gasteiger partial charge in [0.15, 0.2) is 0 Å². The van der Waals surface area contributed by atoms with E-state index >= 15 is 0 Å². The van der Waals surface area contributed by atoms with Crippen LogP contribution in [-0.4, -0.2) is 55.0 Å². The van der Waals surface area contributed by atoms with Crippen LogP contribution < -0.4 is 10.1 Å². The van der Waals surface area contributed by atoms with Crippen molar-refractivity contribution in [3.05, 3.63) is 59.7 Å². The number of nitrogens with one attached hydrogen (secondary N) is 1. The number of urea groups is 1. The van der Waals surface area contributed by atoms with E-state index in [1.165, 1.54) is 18.4 Å². The Morgan fingerprint density at radius 3 is 2.29 bits per heavy atom. The Labute approximate surface area is 165 Å². The minimum absolute atomic E-state index is 0.0587. The van der Waals surface area contributed by atoms with Gasteiger partial charge in [0.05, 0.1) is 12.7 Å². The molecule has 28 heavy (non-hydrogen) atoms. The molecule has 146 valence electrons. The third-order valence-electron chi connectivity index (χ3n) is 5.41. The predicted molar refractivity (Wildman–Crippen MR) is 108 cm³/mol. The van der Waals surface area contributed by atoms with Crippen LogP contribution in [0.3, 0.4) is 0 Å². The van der Waals surface area contributed by atoms with Crippen molar-refractivity contribution in [2.75, 3.05) is 38.6 Å². The van der Waals surface area contributed by atoms with E-state index in [2.05, 4.69) is 11.4 Å². The van der Waals surface area contributed by atoms with Gasteiger partial charge < -0.3 is 19.9 Å². The Bertz CT molecular complexity index is 871. The molecular weight excluding hydrogens is 354 g/mol. The number of methoxy groups -OCH3 is 1. The van der Waals surface area contributed by atoms with Gasteiger partial charge in [0.2, 0.25) is 0 Å². The number of ether oxygens (including phenoxy) is 1. The number of carbonyl (C=O) groups excluding carboxylic acids is 2. The largest absolute Gasteiger partial charge is 0.496 e. The molecule has 2 aromatic rings. The summed E-state index contributed by atoms with van der Waals surface area (Å²) in [5.41, 5.74) is 2.68. The van der Waals surface area contributed by atoms with E-state index in [4.69, 9.17) is 4.74 Å². The molecule has 6 heteroatoms. The normalized spacial score (nSPS) is 16.6. The van der Waals surface area contributed by atoms with Gasteiger partial charge in [-0.25, -0.2) is 4.79 Å².